The number of hydrogen-bond donors (Lipinski definition) is 1. The van der Waals surface area contributed by atoms with E-state index < -0.39 is 0 Å². The summed E-state index contributed by atoms with van der Waals surface area (Å²) in [5, 5.41) is 7.10. The molecule has 0 aliphatic carbocycles. The first-order valence-electron chi connectivity index (χ1n) is 8.29. The van der Waals surface area contributed by atoms with Crippen LogP contribution in [0.25, 0.3) is 0 Å². The number of nitrogens with one attached hydrogen (secondary N) is 1. The highest BCUT2D eigenvalue weighted by molar-refractivity contribution is 5.95. The lowest BCUT2D eigenvalue weighted by molar-refractivity contribution is -0.117. The van der Waals surface area contributed by atoms with Gasteiger partial charge in [0.1, 0.15) is 5.82 Å². The molecule has 0 saturated heterocycles. The summed E-state index contributed by atoms with van der Waals surface area (Å²) in [6.45, 7) is 2.30. The van der Waals surface area contributed by atoms with Crippen LogP contribution in [0, 0.1) is 5.82 Å². The lowest BCUT2D eigenvalue weighted by Crippen LogP contribution is -2.20. The average molecular weight is 337 g/mol. The number of hydrogen-bond acceptors (Lipinski definition) is 2. The van der Waals surface area contributed by atoms with Gasteiger partial charge in [-0.1, -0.05) is 55.5 Å². The van der Waals surface area contributed by atoms with E-state index in [2.05, 4.69) is 10.4 Å². The van der Waals surface area contributed by atoms with E-state index >= 15 is 0 Å². The van der Waals surface area contributed by atoms with Crippen LogP contribution in [0.15, 0.2) is 67.0 Å². The highest BCUT2D eigenvalue weighted by Gasteiger charge is 2.19. The molecule has 5 heteroatoms. The average Bonchev–Trinajstić information content (AvgIpc) is 3.05. The van der Waals surface area contributed by atoms with Crippen molar-refractivity contribution < 1.29 is 9.18 Å². The van der Waals surface area contributed by atoms with Gasteiger partial charge < -0.3 is 5.32 Å². The van der Waals surface area contributed by atoms with Crippen LogP contribution in [0.4, 0.5) is 10.1 Å². The first-order chi connectivity index (χ1) is 12.2. The summed E-state index contributed by atoms with van der Waals surface area (Å²) >= 11 is 0. The summed E-state index contributed by atoms with van der Waals surface area (Å²) in [5.74, 6) is -0.547. The minimum atomic E-state index is -0.265. The Balaban J connectivity index is 1.68. The second kappa shape index (κ2) is 7.75. The third kappa shape index (κ3) is 4.12. The van der Waals surface area contributed by atoms with E-state index in [0.717, 1.165) is 5.56 Å². The lowest BCUT2D eigenvalue weighted by Gasteiger charge is -2.14. The third-order valence-corrected chi connectivity index (χ3v) is 4.12. The van der Waals surface area contributed by atoms with Gasteiger partial charge in [0.2, 0.25) is 5.91 Å². The predicted molar refractivity (Wildman–Crippen MR) is 95.8 cm³/mol. The number of halogens is 1. The van der Waals surface area contributed by atoms with Gasteiger partial charge in [0.25, 0.3) is 0 Å². The van der Waals surface area contributed by atoms with Gasteiger partial charge in [-0.15, -0.1) is 0 Å². The standard InChI is InChI=1S/C20H20FN3O/c1-2-18(15-8-4-3-5-9-15)20(25)23-17-12-22-24(14-17)13-16-10-6-7-11-19(16)21/h3-12,14,18H,2,13H2,1H3,(H,23,25). The molecule has 0 aliphatic heterocycles. The van der Waals surface area contributed by atoms with E-state index in [0.29, 0.717) is 24.2 Å². The second-order valence-electron chi connectivity index (χ2n) is 5.88. The van der Waals surface area contributed by atoms with Gasteiger partial charge in [-0.3, -0.25) is 9.48 Å². The number of rotatable bonds is 6. The van der Waals surface area contributed by atoms with Gasteiger partial charge in [0.05, 0.1) is 24.3 Å². The Kier molecular flexibility index (Phi) is 5.23. The van der Waals surface area contributed by atoms with Crippen molar-refractivity contribution in [1.29, 1.82) is 0 Å². The molecule has 1 amide bonds. The van der Waals surface area contributed by atoms with Gasteiger partial charge in [0.15, 0.2) is 0 Å². The van der Waals surface area contributed by atoms with E-state index in [4.69, 9.17) is 0 Å². The van der Waals surface area contributed by atoms with Crippen molar-refractivity contribution in [2.45, 2.75) is 25.8 Å². The Morgan fingerprint density at radius 3 is 2.60 bits per heavy atom. The van der Waals surface area contributed by atoms with E-state index in [9.17, 15) is 9.18 Å². The molecule has 1 heterocycles. The first kappa shape index (κ1) is 16.9. The summed E-state index contributed by atoms with van der Waals surface area (Å²) in [7, 11) is 0. The van der Waals surface area contributed by atoms with E-state index in [1.165, 1.54) is 6.07 Å². The van der Waals surface area contributed by atoms with Crippen LogP contribution in [0.5, 0.6) is 0 Å². The SMILES string of the molecule is CCC(C(=O)Nc1cnn(Cc2ccccc2F)c1)c1ccccc1. The molecular weight excluding hydrogens is 317 g/mol. The van der Waals surface area contributed by atoms with Gasteiger partial charge >= 0.3 is 0 Å². The summed E-state index contributed by atoms with van der Waals surface area (Å²) in [4.78, 5) is 12.6. The van der Waals surface area contributed by atoms with Gasteiger partial charge in [-0.25, -0.2) is 4.39 Å². The van der Waals surface area contributed by atoms with Crippen molar-refractivity contribution in [2.75, 3.05) is 5.32 Å². The number of amides is 1. The maximum absolute atomic E-state index is 13.7. The number of carbonyl (C=O) groups is 1. The zero-order chi connectivity index (χ0) is 17.6. The van der Waals surface area contributed by atoms with Crippen LogP contribution in [-0.4, -0.2) is 15.7 Å². The maximum Gasteiger partial charge on any atom is 0.231 e. The van der Waals surface area contributed by atoms with Crippen LogP contribution in [0.1, 0.15) is 30.4 Å². The Hall–Kier alpha value is -2.95. The lowest BCUT2D eigenvalue weighted by atomic mass is 9.96. The van der Waals surface area contributed by atoms with Crippen LogP contribution < -0.4 is 5.32 Å². The number of anilines is 1. The monoisotopic (exact) mass is 337 g/mol. The maximum atomic E-state index is 13.7. The topological polar surface area (TPSA) is 46.9 Å². The molecule has 1 N–H and O–H groups in total. The number of nitrogens with zero attached hydrogens (tertiary/aromatic N) is 2. The molecule has 1 atom stereocenters. The van der Waals surface area contributed by atoms with Crippen molar-refractivity contribution in [3.05, 3.63) is 83.9 Å². The zero-order valence-electron chi connectivity index (χ0n) is 14.0. The molecule has 0 fully saturated rings. The normalized spacial score (nSPS) is 11.9. The molecule has 2 aromatic carbocycles. The molecular formula is C20H20FN3O. The van der Waals surface area contributed by atoms with Crippen molar-refractivity contribution in [3.63, 3.8) is 0 Å². The Bertz CT molecular complexity index is 845. The smallest absolute Gasteiger partial charge is 0.231 e. The minimum Gasteiger partial charge on any atom is -0.323 e. The highest BCUT2D eigenvalue weighted by atomic mass is 19.1. The third-order valence-electron chi connectivity index (χ3n) is 4.12. The number of benzene rings is 2. The molecule has 0 radical (unpaired) electrons. The molecule has 3 rings (SSSR count). The Labute approximate surface area is 146 Å². The first-order valence-corrected chi connectivity index (χ1v) is 8.29. The summed E-state index contributed by atoms with van der Waals surface area (Å²) < 4.78 is 15.3. The molecule has 25 heavy (non-hydrogen) atoms. The highest BCUT2D eigenvalue weighted by Crippen LogP contribution is 2.21. The molecule has 128 valence electrons. The molecule has 0 bridgehead atoms. The summed E-state index contributed by atoms with van der Waals surface area (Å²) in [6, 6.07) is 16.3. The quantitative estimate of drug-likeness (QED) is 0.733. The summed E-state index contributed by atoms with van der Waals surface area (Å²) in [6.07, 6.45) is 4.00. The zero-order valence-corrected chi connectivity index (χ0v) is 14.0. The molecule has 0 aliphatic rings. The van der Waals surface area contributed by atoms with E-state index in [1.807, 2.05) is 37.3 Å². The molecule has 4 nitrogen and oxygen atoms in total. The van der Waals surface area contributed by atoms with Gasteiger partial charge in [0, 0.05) is 11.8 Å². The fourth-order valence-corrected chi connectivity index (χ4v) is 2.80. The molecule has 1 unspecified atom stereocenters. The predicted octanol–water partition coefficient (Wildman–Crippen LogP) is 4.20. The van der Waals surface area contributed by atoms with Gasteiger partial charge in [-0.05, 0) is 18.1 Å². The number of carbonyl (C=O) groups excluding carboxylic acids is 1. The fourth-order valence-electron chi connectivity index (χ4n) is 2.80. The largest absolute Gasteiger partial charge is 0.323 e. The second-order valence-corrected chi connectivity index (χ2v) is 5.88. The van der Waals surface area contributed by atoms with E-state index in [-0.39, 0.29) is 17.6 Å². The minimum absolute atomic E-state index is 0.0702. The Morgan fingerprint density at radius 2 is 1.88 bits per heavy atom. The van der Waals surface area contributed by atoms with Crippen molar-refractivity contribution in [1.82, 2.24) is 9.78 Å². The van der Waals surface area contributed by atoms with Crippen LogP contribution >= 0.6 is 0 Å². The Morgan fingerprint density at radius 1 is 1.16 bits per heavy atom. The van der Waals surface area contributed by atoms with E-state index in [1.54, 1.807) is 35.3 Å². The van der Waals surface area contributed by atoms with Gasteiger partial charge in [-0.2, -0.15) is 5.10 Å². The fraction of sp³-hybridized carbons (Fsp3) is 0.200. The summed E-state index contributed by atoms with van der Waals surface area (Å²) in [5.41, 5.74) is 2.15. The molecule has 0 spiro atoms. The number of aromatic nitrogens is 2. The van der Waals surface area contributed by atoms with Crippen LogP contribution in [0.2, 0.25) is 0 Å². The van der Waals surface area contributed by atoms with Crippen LogP contribution in [-0.2, 0) is 11.3 Å². The molecule has 3 aromatic rings. The van der Waals surface area contributed by atoms with Crippen molar-refractivity contribution >= 4 is 11.6 Å². The van der Waals surface area contributed by atoms with Crippen LogP contribution in [0.3, 0.4) is 0 Å². The van der Waals surface area contributed by atoms with Crippen molar-refractivity contribution in [3.8, 4) is 0 Å². The van der Waals surface area contributed by atoms with Crippen molar-refractivity contribution in [2.24, 2.45) is 0 Å². The molecule has 0 saturated carbocycles. The molecule has 1 aromatic heterocycles.